The first-order chi connectivity index (χ1) is 36.3. The summed E-state index contributed by atoms with van der Waals surface area (Å²) < 4.78 is 53.7. The van der Waals surface area contributed by atoms with E-state index in [1.807, 2.05) is 36.0 Å². The number of nitrogens with zero attached hydrogens (tertiary/aromatic N) is 14. The predicted molar refractivity (Wildman–Crippen MR) is 269 cm³/mol. The van der Waals surface area contributed by atoms with Crippen molar-refractivity contribution in [3.05, 3.63) is 144 Å². The molecule has 0 saturated carbocycles. The molecule has 0 amide bonds. The summed E-state index contributed by atoms with van der Waals surface area (Å²) in [6.45, 7) is 2.61. The number of aliphatic hydroxyl groups is 1. The molecule has 3 aliphatic rings. The van der Waals surface area contributed by atoms with Crippen LogP contribution in [0, 0.1) is 11.6 Å². The molecule has 382 valence electrons. The molecule has 0 bridgehead atoms. The van der Waals surface area contributed by atoms with Gasteiger partial charge in [-0.15, -0.1) is 0 Å². The van der Waals surface area contributed by atoms with E-state index in [0.717, 1.165) is 98.5 Å². The molecule has 1 saturated heterocycles. The summed E-state index contributed by atoms with van der Waals surface area (Å²) in [5, 5.41) is 17.6. The molecule has 7 heterocycles. The summed E-state index contributed by atoms with van der Waals surface area (Å²) in [7, 11) is 3.92. The maximum absolute atomic E-state index is 13.9. The average molecular weight is 1010 g/mol. The van der Waals surface area contributed by atoms with Crippen molar-refractivity contribution < 1.29 is 32.8 Å². The van der Waals surface area contributed by atoms with Crippen molar-refractivity contribution in [1.82, 2.24) is 59.4 Å². The minimum absolute atomic E-state index is 0.0673. The van der Waals surface area contributed by atoms with Gasteiger partial charge < -0.3 is 33.9 Å². The molecule has 1 N–H and O–H groups in total. The largest absolute Gasteiger partial charge is 0.491 e. The maximum Gasteiger partial charge on any atom is 0.180 e. The monoisotopic (exact) mass is 1010 g/mol. The van der Waals surface area contributed by atoms with Crippen LogP contribution in [0.15, 0.2) is 97.8 Å². The second-order valence-electron chi connectivity index (χ2n) is 18.0. The van der Waals surface area contributed by atoms with E-state index in [1.165, 1.54) is 36.9 Å². The van der Waals surface area contributed by atoms with Crippen LogP contribution in [0.2, 0.25) is 0 Å². The van der Waals surface area contributed by atoms with E-state index in [-0.39, 0.29) is 31.1 Å². The lowest BCUT2D eigenvalue weighted by Crippen LogP contribution is -2.24. The molecular formula is C53H56F2N14O5. The summed E-state index contributed by atoms with van der Waals surface area (Å²) in [5.41, 5.74) is 6.78. The molecule has 6 aromatic heterocycles. The average Bonchev–Trinajstić information content (AvgIpc) is 4.28. The number of ether oxygens (including phenoxy) is 4. The van der Waals surface area contributed by atoms with E-state index >= 15 is 0 Å². The Kier molecular flexibility index (Phi) is 15.7. The summed E-state index contributed by atoms with van der Waals surface area (Å²) in [5.74, 6) is 4.68. The fraction of sp³-hybridized carbons (Fsp3) is 0.358. The van der Waals surface area contributed by atoms with Gasteiger partial charge in [-0.05, 0) is 106 Å². The molecule has 21 heteroatoms. The number of rotatable bonds is 18. The zero-order valence-corrected chi connectivity index (χ0v) is 41.2. The third-order valence-corrected chi connectivity index (χ3v) is 12.7. The van der Waals surface area contributed by atoms with Crippen LogP contribution in [-0.4, -0.2) is 118 Å². The van der Waals surface area contributed by atoms with Crippen molar-refractivity contribution in [3.8, 4) is 45.9 Å². The maximum atomic E-state index is 13.9. The van der Waals surface area contributed by atoms with Crippen LogP contribution < -0.4 is 19.3 Å². The number of hydrogen-bond donors (Lipinski definition) is 1. The number of anilines is 2. The van der Waals surface area contributed by atoms with Gasteiger partial charge in [-0.25, -0.2) is 48.0 Å². The molecule has 8 aromatic rings. The van der Waals surface area contributed by atoms with Crippen molar-refractivity contribution in [3.63, 3.8) is 0 Å². The highest BCUT2D eigenvalue weighted by molar-refractivity contribution is 5.61. The highest BCUT2D eigenvalue weighted by atomic mass is 19.1. The number of aromatic nitrogens is 12. The molecule has 0 spiro atoms. The molecule has 0 radical (unpaired) electrons. The van der Waals surface area contributed by atoms with E-state index in [1.54, 1.807) is 58.2 Å². The molecule has 2 aromatic carbocycles. The van der Waals surface area contributed by atoms with Crippen LogP contribution in [0.25, 0.3) is 34.4 Å². The number of hydrogen-bond acceptors (Lipinski definition) is 17. The van der Waals surface area contributed by atoms with Crippen LogP contribution in [0.1, 0.15) is 66.3 Å². The van der Waals surface area contributed by atoms with Gasteiger partial charge in [0.2, 0.25) is 0 Å². The van der Waals surface area contributed by atoms with Gasteiger partial charge in [-0.1, -0.05) is 12.1 Å². The minimum atomic E-state index is -0.330. The molecule has 1 atom stereocenters. The Morgan fingerprint density at radius 1 is 0.622 bits per heavy atom. The number of aliphatic hydroxyl groups excluding tert-OH is 1. The molecule has 1 unspecified atom stereocenters. The smallest absolute Gasteiger partial charge is 0.180 e. The molecule has 1 fully saturated rings. The van der Waals surface area contributed by atoms with Crippen molar-refractivity contribution in [2.45, 2.75) is 77.2 Å². The van der Waals surface area contributed by atoms with Gasteiger partial charge in [0.05, 0.1) is 37.7 Å². The number of halogens is 2. The van der Waals surface area contributed by atoms with Gasteiger partial charge in [0.1, 0.15) is 72.0 Å². The fourth-order valence-corrected chi connectivity index (χ4v) is 9.25. The first kappa shape index (κ1) is 49.7. The zero-order valence-electron chi connectivity index (χ0n) is 41.2. The number of fused-ring (bicyclic) bond motifs is 2. The fourth-order valence-electron chi connectivity index (χ4n) is 9.25. The van der Waals surface area contributed by atoms with E-state index in [4.69, 9.17) is 44.0 Å². The standard InChI is InChI=1S/C29H32FN7O3.C24H24FN7O2/c1-36(18-26-32-19-33-37(26)21-7-4-6-20(30)16-21)29-23-8-5-9-24(23)34-28(35-29)25-17-22(11-12-31-25)38-14-15-40-27-10-2-3-13-39-27;1-31(14-22-27-15-28-32(22)17-5-2-4-16(25)12-17)24-19-6-3-7-20(19)29-23(30-24)21-13-18(8-9-26-21)34-11-10-33/h4,6-7,11-12,16-17,19,27H,2-3,5,8-10,13-15,18H2,1H3;2,4-5,8-9,12-13,15,33H,3,6-7,10-11,14H2,1H3. The SMILES string of the molecule is CN(Cc1ncnn1-c1cccc(F)c1)c1nc(-c2cc(OCCO)ccn2)nc2c1CCC2.CN(Cc1ncnn1-c1cccc(F)c1)c1nc(-c2cc(OCCOC3CCCCO3)ccn2)nc2c1CCC2. The molecular weight excluding hydrogens is 951 g/mol. The molecule has 19 nitrogen and oxygen atoms in total. The number of pyridine rings is 2. The van der Waals surface area contributed by atoms with Gasteiger partial charge >= 0.3 is 0 Å². The van der Waals surface area contributed by atoms with Crippen molar-refractivity contribution in [2.24, 2.45) is 0 Å². The van der Waals surface area contributed by atoms with Crippen molar-refractivity contribution in [2.75, 3.05) is 56.9 Å². The van der Waals surface area contributed by atoms with Crippen molar-refractivity contribution in [1.29, 1.82) is 0 Å². The first-order valence-corrected chi connectivity index (χ1v) is 24.8. The Balaban J connectivity index is 0.000000172. The van der Waals surface area contributed by atoms with Crippen LogP contribution in [0.5, 0.6) is 11.5 Å². The normalized spacial score (nSPS) is 14.7. The van der Waals surface area contributed by atoms with E-state index in [9.17, 15) is 8.78 Å². The third kappa shape index (κ3) is 11.8. The Hall–Kier alpha value is -7.88. The Labute approximate surface area is 426 Å². The van der Waals surface area contributed by atoms with Crippen molar-refractivity contribution >= 4 is 11.6 Å². The van der Waals surface area contributed by atoms with Crippen LogP contribution >= 0.6 is 0 Å². The lowest BCUT2D eigenvalue weighted by atomic mass is 10.2. The topological polar surface area (TPSA) is 202 Å². The lowest BCUT2D eigenvalue weighted by molar-refractivity contribution is -0.165. The summed E-state index contributed by atoms with van der Waals surface area (Å²) in [6, 6.07) is 19.8. The van der Waals surface area contributed by atoms with Gasteiger partial charge in [0.25, 0.3) is 0 Å². The van der Waals surface area contributed by atoms with Crippen LogP contribution in [0.4, 0.5) is 20.4 Å². The van der Waals surface area contributed by atoms with Gasteiger partial charge in [0.15, 0.2) is 29.6 Å². The van der Waals surface area contributed by atoms with Gasteiger partial charge in [0, 0.05) is 67.7 Å². The summed E-state index contributed by atoms with van der Waals surface area (Å²) in [4.78, 5) is 41.3. The molecule has 11 rings (SSSR count). The van der Waals surface area contributed by atoms with E-state index in [2.05, 4.69) is 30.1 Å². The zero-order chi connectivity index (χ0) is 50.8. The first-order valence-electron chi connectivity index (χ1n) is 24.8. The summed E-state index contributed by atoms with van der Waals surface area (Å²) >= 11 is 0. The van der Waals surface area contributed by atoms with Gasteiger partial charge in [-0.2, -0.15) is 10.2 Å². The Morgan fingerprint density at radius 3 is 1.66 bits per heavy atom. The van der Waals surface area contributed by atoms with E-state index in [0.29, 0.717) is 83.9 Å². The molecule has 1 aliphatic heterocycles. The second kappa shape index (κ2) is 23.3. The van der Waals surface area contributed by atoms with Gasteiger partial charge in [-0.3, -0.25) is 9.97 Å². The number of aryl methyl sites for hydroxylation is 2. The quantitative estimate of drug-likeness (QED) is 0.0855. The summed E-state index contributed by atoms with van der Waals surface area (Å²) in [6.07, 6.45) is 14.9. The minimum Gasteiger partial charge on any atom is -0.491 e. The highest BCUT2D eigenvalue weighted by Gasteiger charge is 2.26. The predicted octanol–water partition coefficient (Wildman–Crippen LogP) is 7.06. The second-order valence-corrected chi connectivity index (χ2v) is 18.0. The Morgan fingerprint density at radius 2 is 1.16 bits per heavy atom. The third-order valence-electron chi connectivity index (χ3n) is 12.7. The Bertz CT molecular complexity index is 3190. The molecule has 2 aliphatic carbocycles. The highest BCUT2D eigenvalue weighted by Crippen LogP contribution is 2.34. The molecule has 74 heavy (non-hydrogen) atoms. The van der Waals surface area contributed by atoms with E-state index < -0.39 is 0 Å². The van der Waals surface area contributed by atoms with Crippen LogP contribution in [0.3, 0.4) is 0 Å². The number of benzene rings is 2. The van der Waals surface area contributed by atoms with Crippen LogP contribution in [-0.2, 0) is 48.2 Å². The lowest BCUT2D eigenvalue weighted by Gasteiger charge is -2.22.